The fourth-order valence-corrected chi connectivity index (χ4v) is 4.41. The Bertz CT molecular complexity index is 857. The van der Waals surface area contributed by atoms with E-state index >= 15 is 0 Å². The zero-order valence-electron chi connectivity index (χ0n) is 15.7. The summed E-state index contributed by atoms with van der Waals surface area (Å²) in [6, 6.07) is 7.00. The Morgan fingerprint density at radius 1 is 1.18 bits per heavy atom. The van der Waals surface area contributed by atoms with Crippen LogP contribution in [0.15, 0.2) is 35.9 Å². The van der Waals surface area contributed by atoms with Crippen molar-refractivity contribution in [2.45, 2.75) is 25.2 Å². The quantitative estimate of drug-likeness (QED) is 0.335. The van der Waals surface area contributed by atoms with Crippen molar-refractivity contribution in [1.82, 2.24) is 0 Å². The summed E-state index contributed by atoms with van der Waals surface area (Å²) in [6.07, 6.45) is 2.27. The molecule has 2 aliphatic rings. The molecule has 3 rings (SSSR count). The lowest BCUT2D eigenvalue weighted by molar-refractivity contribution is -0.485. The maximum atomic E-state index is 13.0. The highest BCUT2D eigenvalue weighted by Crippen LogP contribution is 2.48. The van der Waals surface area contributed by atoms with Crippen LogP contribution in [0.25, 0.3) is 0 Å². The van der Waals surface area contributed by atoms with Crippen LogP contribution in [0.2, 0.25) is 0 Å². The van der Waals surface area contributed by atoms with Crippen molar-refractivity contribution in [3.8, 4) is 0 Å². The molecule has 0 saturated carbocycles. The lowest BCUT2D eigenvalue weighted by Crippen LogP contribution is -2.49. The molecule has 0 fully saturated rings. The van der Waals surface area contributed by atoms with Crippen LogP contribution in [0.1, 0.15) is 29.9 Å². The third-order valence-corrected chi connectivity index (χ3v) is 5.65. The lowest BCUT2D eigenvalue weighted by atomic mass is 9.66. The molecule has 0 aromatic heterocycles. The number of allylic oxidation sites excluding steroid dienone is 2. The van der Waals surface area contributed by atoms with Gasteiger partial charge in [-0.15, -0.1) is 0 Å². The van der Waals surface area contributed by atoms with E-state index in [1.54, 1.807) is 24.3 Å². The molecule has 2 bridgehead atoms. The molecule has 28 heavy (non-hydrogen) atoms. The molecule has 0 saturated heterocycles. The first-order chi connectivity index (χ1) is 13.3. The molecule has 1 aromatic carbocycles. The van der Waals surface area contributed by atoms with Crippen LogP contribution < -0.4 is 0 Å². The van der Waals surface area contributed by atoms with Gasteiger partial charge in [0.15, 0.2) is 11.2 Å². The van der Waals surface area contributed by atoms with Gasteiger partial charge in [-0.05, 0) is 29.0 Å². The molecule has 8 heteroatoms. The van der Waals surface area contributed by atoms with Crippen LogP contribution in [0.4, 0.5) is 0 Å². The molecule has 8 nitrogen and oxygen atoms in total. The van der Waals surface area contributed by atoms with E-state index in [-0.39, 0.29) is 24.5 Å². The van der Waals surface area contributed by atoms with E-state index in [2.05, 4.69) is 0 Å². The smallest absolute Gasteiger partial charge is 0.324 e. The first-order valence-electron chi connectivity index (χ1n) is 8.93. The molecule has 1 unspecified atom stereocenters. The Balaban J connectivity index is 2.33. The monoisotopic (exact) mass is 387 g/mol. The molecule has 0 spiro atoms. The molecular formula is C20H21NO7. The van der Waals surface area contributed by atoms with Crippen LogP contribution in [0, 0.1) is 21.4 Å². The van der Waals surface area contributed by atoms with Gasteiger partial charge in [-0.2, -0.15) is 0 Å². The van der Waals surface area contributed by atoms with Crippen molar-refractivity contribution >= 4 is 17.7 Å². The van der Waals surface area contributed by atoms with E-state index < -0.39 is 34.7 Å². The Morgan fingerprint density at radius 3 is 2.43 bits per heavy atom. The van der Waals surface area contributed by atoms with Crippen LogP contribution >= 0.6 is 0 Å². The van der Waals surface area contributed by atoms with Gasteiger partial charge in [0.1, 0.15) is 0 Å². The van der Waals surface area contributed by atoms with Gasteiger partial charge >= 0.3 is 11.9 Å². The predicted octanol–water partition coefficient (Wildman–Crippen LogP) is 1.84. The standard InChI is InChI=1S/C20H21NO7/c1-27-18(23)20(19(24)28-2)10-14-8-12(9-17(14)22)7-13-5-3-4-6-15(13)16(20)11-21(25)26/h3-6,8,12,16H,7,9-11H2,1-2H3/t12?,16-/m0/s1. The number of methoxy groups -OCH3 is 2. The number of rotatable bonds is 4. The van der Waals surface area contributed by atoms with Crippen LogP contribution in [0.5, 0.6) is 0 Å². The fraction of sp³-hybridized carbons (Fsp3) is 0.450. The van der Waals surface area contributed by atoms with Gasteiger partial charge in [0.25, 0.3) is 0 Å². The molecule has 0 heterocycles. The number of benzene rings is 1. The predicted molar refractivity (Wildman–Crippen MR) is 97.0 cm³/mol. The second-order valence-electron chi connectivity index (χ2n) is 7.18. The molecule has 0 N–H and O–H groups in total. The number of ether oxygens (including phenoxy) is 2. The Morgan fingerprint density at radius 2 is 1.82 bits per heavy atom. The van der Waals surface area contributed by atoms with Gasteiger partial charge in [0.2, 0.25) is 6.54 Å². The summed E-state index contributed by atoms with van der Waals surface area (Å²) in [4.78, 5) is 49.4. The van der Waals surface area contributed by atoms with Gasteiger partial charge in [0.05, 0.1) is 20.1 Å². The van der Waals surface area contributed by atoms with Crippen molar-refractivity contribution < 1.29 is 28.8 Å². The Hall–Kier alpha value is -3.03. The Kier molecular flexibility index (Phi) is 5.31. The number of Topliss-reactive ketones (excluding diaryl/α,β-unsaturated/α-hetero) is 1. The Labute approximate surface area is 161 Å². The number of nitro groups is 1. The topological polar surface area (TPSA) is 113 Å². The molecule has 148 valence electrons. The van der Waals surface area contributed by atoms with Crippen LogP contribution in [-0.2, 0) is 30.3 Å². The third kappa shape index (κ3) is 3.19. The minimum absolute atomic E-state index is 0.0778. The largest absolute Gasteiger partial charge is 0.468 e. The van der Waals surface area contributed by atoms with E-state index in [9.17, 15) is 24.5 Å². The molecule has 1 aromatic rings. The number of carbonyl (C=O) groups is 3. The van der Waals surface area contributed by atoms with Crippen molar-refractivity contribution in [1.29, 1.82) is 0 Å². The van der Waals surface area contributed by atoms with Gasteiger partial charge in [-0.3, -0.25) is 24.5 Å². The van der Waals surface area contributed by atoms with E-state index in [0.29, 0.717) is 17.6 Å². The van der Waals surface area contributed by atoms with Gasteiger partial charge < -0.3 is 9.47 Å². The van der Waals surface area contributed by atoms with Crippen molar-refractivity contribution in [3.63, 3.8) is 0 Å². The van der Waals surface area contributed by atoms with E-state index in [1.807, 2.05) is 6.07 Å². The maximum Gasteiger partial charge on any atom is 0.324 e. The van der Waals surface area contributed by atoms with Gasteiger partial charge in [-0.25, -0.2) is 0 Å². The molecule has 0 aliphatic heterocycles. The highest BCUT2D eigenvalue weighted by atomic mass is 16.6. The lowest BCUT2D eigenvalue weighted by Gasteiger charge is -2.35. The minimum Gasteiger partial charge on any atom is -0.468 e. The summed E-state index contributed by atoms with van der Waals surface area (Å²) in [6.45, 7) is -0.673. The average Bonchev–Trinajstić information content (AvgIpc) is 3.03. The summed E-state index contributed by atoms with van der Waals surface area (Å²) in [5.41, 5.74) is -0.400. The van der Waals surface area contributed by atoms with E-state index in [0.717, 1.165) is 19.8 Å². The first-order valence-corrected chi connectivity index (χ1v) is 8.93. The van der Waals surface area contributed by atoms with Crippen LogP contribution in [0.3, 0.4) is 0 Å². The second kappa shape index (κ2) is 7.53. The summed E-state index contributed by atoms with van der Waals surface area (Å²) in [7, 11) is 2.23. The molecule has 0 radical (unpaired) electrons. The summed E-state index contributed by atoms with van der Waals surface area (Å²) in [5, 5.41) is 11.5. The molecule has 0 amide bonds. The normalized spacial score (nSPS) is 22.8. The highest BCUT2D eigenvalue weighted by molar-refractivity contribution is 6.05. The van der Waals surface area contributed by atoms with Crippen molar-refractivity contribution in [3.05, 3.63) is 57.2 Å². The summed E-state index contributed by atoms with van der Waals surface area (Å²) >= 11 is 0. The molecule has 2 aliphatic carbocycles. The number of hydrogen-bond donors (Lipinski definition) is 0. The van der Waals surface area contributed by atoms with Crippen molar-refractivity contribution in [2.75, 3.05) is 20.8 Å². The van der Waals surface area contributed by atoms with Gasteiger partial charge in [-0.1, -0.05) is 30.3 Å². The number of nitrogens with zero attached hydrogens (tertiary/aromatic N) is 1. The number of hydrogen-bond acceptors (Lipinski definition) is 7. The SMILES string of the molecule is COC(=O)C1(C(=O)OC)CC2=CC(CC2=O)Cc2ccccc2[C@@H]1C[N+](=O)[O-]. The second-order valence-corrected chi connectivity index (χ2v) is 7.18. The number of fused-ring (bicyclic) bond motifs is 2. The average molecular weight is 387 g/mol. The summed E-state index contributed by atoms with van der Waals surface area (Å²) in [5.74, 6) is -3.26. The fourth-order valence-electron chi connectivity index (χ4n) is 4.41. The maximum absolute atomic E-state index is 13.0. The number of esters is 2. The highest BCUT2D eigenvalue weighted by Gasteiger charge is 2.59. The van der Waals surface area contributed by atoms with Crippen molar-refractivity contribution in [2.24, 2.45) is 11.3 Å². The summed E-state index contributed by atoms with van der Waals surface area (Å²) < 4.78 is 9.84. The molecule has 2 atom stereocenters. The zero-order valence-corrected chi connectivity index (χ0v) is 15.7. The van der Waals surface area contributed by atoms with E-state index in [4.69, 9.17) is 9.47 Å². The molecular weight excluding hydrogens is 366 g/mol. The minimum atomic E-state index is -2.02. The van der Waals surface area contributed by atoms with Crippen LogP contribution in [-0.4, -0.2) is 43.4 Å². The zero-order chi connectivity index (χ0) is 20.5. The van der Waals surface area contributed by atoms with E-state index in [1.165, 1.54) is 0 Å². The number of carbonyl (C=O) groups excluding carboxylic acids is 3. The number of ketones is 1. The van der Waals surface area contributed by atoms with Gasteiger partial charge in [0, 0.05) is 17.8 Å². The first kappa shape index (κ1) is 19.7. The third-order valence-electron chi connectivity index (χ3n) is 5.65.